The maximum absolute atomic E-state index is 7.29. The summed E-state index contributed by atoms with van der Waals surface area (Å²) in [4.78, 5) is 12.0. The van der Waals surface area contributed by atoms with Gasteiger partial charge in [-0.05, 0) is 101 Å². The van der Waals surface area contributed by atoms with Crippen LogP contribution in [0.2, 0.25) is 5.02 Å². The first kappa shape index (κ1) is 33.9. The van der Waals surface area contributed by atoms with Gasteiger partial charge in [0.25, 0.3) is 0 Å². The zero-order chi connectivity index (χ0) is 36.4. The summed E-state index contributed by atoms with van der Waals surface area (Å²) in [6.07, 6.45) is 1.90. The van der Waals surface area contributed by atoms with E-state index >= 15 is 0 Å². The zero-order valence-electron chi connectivity index (χ0n) is 30.0. The van der Waals surface area contributed by atoms with Gasteiger partial charge in [-0.15, -0.1) is 0 Å². The molecule has 0 bridgehead atoms. The quantitative estimate of drug-likeness (QED) is 0.162. The van der Waals surface area contributed by atoms with Crippen LogP contribution in [0.1, 0.15) is 31.9 Å². The topological polar surface area (TPSA) is 46.0 Å². The summed E-state index contributed by atoms with van der Waals surface area (Å²) < 4.78 is 2.21. The van der Waals surface area contributed by atoms with Crippen molar-refractivity contribution in [1.82, 2.24) is 14.5 Å². The summed E-state index contributed by atoms with van der Waals surface area (Å²) in [5, 5.41) is 4.23. The minimum atomic E-state index is 0.0445. The molecule has 0 amide bonds. The van der Waals surface area contributed by atoms with E-state index < -0.39 is 0 Å². The van der Waals surface area contributed by atoms with Gasteiger partial charge in [0.05, 0.1) is 33.1 Å². The van der Waals surface area contributed by atoms with E-state index in [1.165, 1.54) is 11.1 Å². The second kappa shape index (κ2) is 14.5. The molecule has 0 aliphatic heterocycles. The number of halogens is 1. The number of rotatable bonds is 9. The lowest BCUT2D eigenvalue weighted by atomic mass is 9.87. The van der Waals surface area contributed by atoms with Crippen LogP contribution in [-0.2, 0) is 12.0 Å². The Kier molecular flexibility index (Phi) is 9.26. The fourth-order valence-corrected chi connectivity index (χ4v) is 6.96. The third kappa shape index (κ3) is 7.17. The predicted octanol–water partition coefficient (Wildman–Crippen LogP) is 12.8. The SMILES string of the molecule is CC(C)(C)c1ccnc(-c2ccc(N(Cc3ccccc3)c3cccc(Nc4ccc(-c5nc6ccccc6n5-c5ccccc5)cc4)c3Cl)cc2)c1. The molecule has 260 valence electrons. The van der Waals surface area contributed by atoms with Gasteiger partial charge in [0.1, 0.15) is 5.82 Å². The number of imidazole rings is 1. The normalized spacial score (nSPS) is 11.5. The van der Waals surface area contributed by atoms with Gasteiger partial charge in [-0.1, -0.05) is 111 Å². The molecule has 5 nitrogen and oxygen atoms in total. The van der Waals surface area contributed by atoms with Crippen molar-refractivity contribution in [3.63, 3.8) is 0 Å². The minimum absolute atomic E-state index is 0.0445. The van der Waals surface area contributed by atoms with Gasteiger partial charge in [-0.25, -0.2) is 4.98 Å². The van der Waals surface area contributed by atoms with Crippen molar-refractivity contribution in [2.75, 3.05) is 10.2 Å². The molecule has 0 atom stereocenters. The summed E-state index contributed by atoms with van der Waals surface area (Å²) in [6.45, 7) is 7.33. The fraction of sp³-hybridized carbons (Fsp3) is 0.106. The lowest BCUT2D eigenvalue weighted by Crippen LogP contribution is -2.17. The Labute approximate surface area is 316 Å². The van der Waals surface area contributed by atoms with Gasteiger partial charge in [0, 0.05) is 40.9 Å². The number of benzene rings is 6. The molecule has 0 saturated carbocycles. The van der Waals surface area contributed by atoms with E-state index in [9.17, 15) is 0 Å². The van der Waals surface area contributed by atoms with Crippen molar-refractivity contribution < 1.29 is 0 Å². The number of aromatic nitrogens is 3. The average molecular weight is 710 g/mol. The maximum atomic E-state index is 7.29. The summed E-state index contributed by atoms with van der Waals surface area (Å²) in [7, 11) is 0. The second-order valence-corrected chi connectivity index (χ2v) is 14.6. The van der Waals surface area contributed by atoms with Crippen molar-refractivity contribution in [2.45, 2.75) is 32.7 Å². The molecule has 1 N–H and O–H groups in total. The van der Waals surface area contributed by atoms with Crippen LogP contribution in [0.4, 0.5) is 22.7 Å². The average Bonchev–Trinajstić information content (AvgIpc) is 3.59. The Morgan fingerprint density at radius 2 is 1.36 bits per heavy atom. The molecule has 0 unspecified atom stereocenters. The van der Waals surface area contributed by atoms with Gasteiger partial charge in [-0.3, -0.25) is 9.55 Å². The summed E-state index contributed by atoms with van der Waals surface area (Å²) >= 11 is 7.29. The Hall–Kier alpha value is -6.17. The van der Waals surface area contributed by atoms with Crippen molar-refractivity contribution in [3.05, 3.63) is 186 Å². The van der Waals surface area contributed by atoms with E-state index in [1.54, 1.807) is 0 Å². The lowest BCUT2D eigenvalue weighted by Gasteiger charge is -2.27. The first-order valence-electron chi connectivity index (χ1n) is 17.9. The smallest absolute Gasteiger partial charge is 0.145 e. The summed E-state index contributed by atoms with van der Waals surface area (Å²) in [5.41, 5.74) is 12.3. The van der Waals surface area contributed by atoms with E-state index in [4.69, 9.17) is 21.6 Å². The third-order valence-electron chi connectivity index (χ3n) is 9.55. The monoisotopic (exact) mass is 709 g/mol. The Bertz CT molecular complexity index is 2480. The summed E-state index contributed by atoms with van der Waals surface area (Å²) in [6, 6.07) is 56.5. The van der Waals surface area contributed by atoms with E-state index in [2.05, 4.69) is 175 Å². The number of nitrogens with zero attached hydrogens (tertiary/aromatic N) is 4. The number of pyridine rings is 1. The molecule has 8 aromatic rings. The van der Waals surface area contributed by atoms with Gasteiger partial charge >= 0.3 is 0 Å². The maximum Gasteiger partial charge on any atom is 0.145 e. The molecule has 0 spiro atoms. The van der Waals surface area contributed by atoms with E-state index in [0.717, 1.165) is 62.1 Å². The highest BCUT2D eigenvalue weighted by Crippen LogP contribution is 2.40. The number of nitrogens with one attached hydrogen (secondary N) is 1. The molecule has 6 aromatic carbocycles. The molecular formula is C47H40ClN5. The molecule has 0 aliphatic carbocycles. The first-order valence-corrected chi connectivity index (χ1v) is 18.3. The highest BCUT2D eigenvalue weighted by atomic mass is 35.5. The van der Waals surface area contributed by atoms with Gasteiger partial charge in [0.2, 0.25) is 0 Å². The Balaban J connectivity index is 1.10. The van der Waals surface area contributed by atoms with E-state index in [1.807, 2.05) is 30.5 Å². The molecule has 6 heteroatoms. The van der Waals surface area contributed by atoms with Gasteiger partial charge in [-0.2, -0.15) is 0 Å². The molecule has 2 aromatic heterocycles. The Morgan fingerprint density at radius 3 is 2.09 bits per heavy atom. The second-order valence-electron chi connectivity index (χ2n) is 14.2. The molecule has 0 aliphatic rings. The number of hydrogen-bond donors (Lipinski definition) is 1. The predicted molar refractivity (Wildman–Crippen MR) is 222 cm³/mol. The van der Waals surface area contributed by atoms with E-state index in [0.29, 0.717) is 11.6 Å². The summed E-state index contributed by atoms with van der Waals surface area (Å²) in [5.74, 6) is 0.893. The zero-order valence-corrected chi connectivity index (χ0v) is 30.8. The van der Waals surface area contributed by atoms with Crippen LogP contribution in [0.25, 0.3) is 39.4 Å². The van der Waals surface area contributed by atoms with Crippen LogP contribution in [0, 0.1) is 0 Å². The molecule has 8 rings (SSSR count). The van der Waals surface area contributed by atoms with Crippen LogP contribution in [0.15, 0.2) is 170 Å². The minimum Gasteiger partial charge on any atom is -0.354 e. The van der Waals surface area contributed by atoms with Crippen LogP contribution in [0.5, 0.6) is 0 Å². The third-order valence-corrected chi connectivity index (χ3v) is 9.95. The van der Waals surface area contributed by atoms with Crippen LogP contribution < -0.4 is 10.2 Å². The molecule has 0 fully saturated rings. The van der Waals surface area contributed by atoms with Crippen molar-refractivity contribution in [2.24, 2.45) is 0 Å². The number of hydrogen-bond acceptors (Lipinski definition) is 4. The van der Waals surface area contributed by atoms with Gasteiger partial charge < -0.3 is 10.2 Å². The van der Waals surface area contributed by atoms with Crippen LogP contribution in [-0.4, -0.2) is 14.5 Å². The highest BCUT2D eigenvalue weighted by molar-refractivity contribution is 6.36. The van der Waals surface area contributed by atoms with Crippen LogP contribution >= 0.6 is 11.6 Å². The molecule has 0 saturated heterocycles. The van der Waals surface area contributed by atoms with E-state index in [-0.39, 0.29) is 5.41 Å². The molecule has 2 heterocycles. The standard InChI is InChI=1S/C47H40ClN5/c1-47(2,3)36-29-30-49-42(31-36)34-23-27-38(28-24-34)52(32-33-13-6-4-7-14-33)44-20-12-18-41(45(44)48)50-37-25-21-35(22-26-37)46-51-40-17-10-11-19-43(40)53(46)39-15-8-5-9-16-39/h4-31,50H,32H2,1-3H3. The largest absolute Gasteiger partial charge is 0.354 e. The van der Waals surface area contributed by atoms with Crippen molar-refractivity contribution in [1.29, 1.82) is 0 Å². The molecule has 53 heavy (non-hydrogen) atoms. The van der Waals surface area contributed by atoms with Crippen molar-refractivity contribution in [3.8, 4) is 28.3 Å². The fourth-order valence-electron chi connectivity index (χ4n) is 6.69. The number of anilines is 4. The highest BCUT2D eigenvalue weighted by Gasteiger charge is 2.19. The lowest BCUT2D eigenvalue weighted by molar-refractivity contribution is 0.589. The van der Waals surface area contributed by atoms with Gasteiger partial charge in [0.15, 0.2) is 0 Å². The molecule has 0 radical (unpaired) electrons. The van der Waals surface area contributed by atoms with Crippen molar-refractivity contribution >= 4 is 45.4 Å². The van der Waals surface area contributed by atoms with Crippen LogP contribution in [0.3, 0.4) is 0 Å². The molecular weight excluding hydrogens is 670 g/mol. The number of fused-ring (bicyclic) bond motifs is 1. The number of para-hydroxylation sites is 3. The first-order chi connectivity index (χ1) is 25.8. The Morgan fingerprint density at radius 1 is 0.679 bits per heavy atom.